The van der Waals surface area contributed by atoms with E-state index in [1.54, 1.807) is 0 Å². The van der Waals surface area contributed by atoms with Crippen LogP contribution in [0.4, 0.5) is 17.6 Å². The number of alkyl halides is 4. The third-order valence-electron chi connectivity index (χ3n) is 7.82. The van der Waals surface area contributed by atoms with E-state index in [9.17, 15) is 13.9 Å². The second-order valence-electron chi connectivity index (χ2n) is 10.2. The van der Waals surface area contributed by atoms with Gasteiger partial charge in [-0.3, -0.25) is 0 Å². The first-order chi connectivity index (χ1) is 14.1. The van der Waals surface area contributed by atoms with E-state index in [0.717, 1.165) is 31.3 Å². The van der Waals surface area contributed by atoms with Gasteiger partial charge in [0.1, 0.15) is 0 Å². The largest absolute Gasteiger partial charge is 0.396 e. The zero-order valence-electron chi connectivity index (χ0n) is 19.0. The second-order valence-corrected chi connectivity index (χ2v) is 10.2. The average molecular weight is 435 g/mol. The molecule has 1 N–H and O–H groups in total. The predicted molar refractivity (Wildman–Crippen MR) is 115 cm³/mol. The second kappa shape index (κ2) is 11.3. The van der Waals surface area contributed by atoms with Gasteiger partial charge in [0.2, 0.25) is 0 Å². The van der Waals surface area contributed by atoms with Gasteiger partial charge in [-0.2, -0.15) is 17.6 Å². The fourth-order valence-electron chi connectivity index (χ4n) is 5.82. The summed E-state index contributed by atoms with van der Waals surface area (Å²) in [5, 5.41) is 9.63. The zero-order chi connectivity index (χ0) is 22.4. The molecule has 0 amide bonds. The van der Waals surface area contributed by atoms with Crippen molar-refractivity contribution in [1.82, 2.24) is 0 Å². The van der Waals surface area contributed by atoms with Crippen molar-refractivity contribution < 1.29 is 22.7 Å². The molecule has 2 rings (SSSR count). The van der Waals surface area contributed by atoms with Crippen LogP contribution in [-0.4, -0.2) is 23.6 Å². The SMILES string of the molecule is C=C(C)CC(CO)C1CCC(C(F)(F)C(F)(F)C2CCC(CCCCC)CC2)CC1. The van der Waals surface area contributed by atoms with Crippen molar-refractivity contribution in [1.29, 1.82) is 0 Å². The highest BCUT2D eigenvalue weighted by molar-refractivity contribution is 4.99. The molecule has 176 valence electrons. The minimum absolute atomic E-state index is 0.000527. The quantitative estimate of drug-likeness (QED) is 0.198. The predicted octanol–water partition coefficient (Wildman–Crippen LogP) is 8.02. The minimum atomic E-state index is -3.94. The Labute approximate surface area is 180 Å². The molecule has 0 heterocycles. The van der Waals surface area contributed by atoms with Gasteiger partial charge >= 0.3 is 11.8 Å². The third-order valence-corrected chi connectivity index (χ3v) is 7.82. The Balaban J connectivity index is 1.90. The molecule has 0 aromatic carbocycles. The van der Waals surface area contributed by atoms with E-state index in [2.05, 4.69) is 13.5 Å². The number of allylic oxidation sites excluding steroid dienone is 1. The van der Waals surface area contributed by atoms with Gasteiger partial charge in [-0.25, -0.2) is 0 Å². The molecule has 1 atom stereocenters. The first-order valence-corrected chi connectivity index (χ1v) is 12.1. The van der Waals surface area contributed by atoms with Gasteiger partial charge in [0.15, 0.2) is 0 Å². The summed E-state index contributed by atoms with van der Waals surface area (Å²) in [5.74, 6) is -9.77. The van der Waals surface area contributed by atoms with Crippen molar-refractivity contribution in [3.05, 3.63) is 12.2 Å². The number of hydrogen-bond acceptors (Lipinski definition) is 1. The Morgan fingerprint density at radius 3 is 1.83 bits per heavy atom. The standard InChI is InChI=1S/C25H42F4O/c1-4-5-6-7-19-8-12-22(13-9-19)24(26,27)25(28,29)23-14-10-20(11-15-23)21(17-30)16-18(2)3/h19-23,30H,2,4-17H2,1,3H3. The van der Waals surface area contributed by atoms with Crippen LogP contribution in [0.5, 0.6) is 0 Å². The lowest BCUT2D eigenvalue weighted by molar-refractivity contribution is -0.270. The molecule has 0 bridgehead atoms. The maximum absolute atomic E-state index is 15.0. The molecule has 1 nitrogen and oxygen atoms in total. The van der Waals surface area contributed by atoms with Crippen LogP contribution in [0.3, 0.4) is 0 Å². The highest BCUT2D eigenvalue weighted by Gasteiger charge is 2.64. The van der Waals surface area contributed by atoms with Crippen LogP contribution in [0.2, 0.25) is 0 Å². The fraction of sp³-hybridized carbons (Fsp3) is 0.920. The fourth-order valence-corrected chi connectivity index (χ4v) is 5.82. The van der Waals surface area contributed by atoms with Crippen molar-refractivity contribution in [2.24, 2.45) is 29.6 Å². The maximum Gasteiger partial charge on any atom is 0.313 e. The lowest BCUT2D eigenvalue weighted by Gasteiger charge is -2.43. The Kier molecular flexibility index (Phi) is 9.70. The normalized spacial score (nSPS) is 29.6. The average Bonchev–Trinajstić information content (AvgIpc) is 2.72. The Bertz CT molecular complexity index is 517. The Hall–Kier alpha value is -0.580. The summed E-state index contributed by atoms with van der Waals surface area (Å²) in [6.07, 6.45) is 8.08. The van der Waals surface area contributed by atoms with Crippen molar-refractivity contribution in [2.45, 2.75) is 109 Å². The van der Waals surface area contributed by atoms with E-state index in [0.29, 0.717) is 38.0 Å². The molecular weight excluding hydrogens is 392 g/mol. The lowest BCUT2D eigenvalue weighted by atomic mass is 9.69. The molecule has 0 aliphatic heterocycles. The topological polar surface area (TPSA) is 20.2 Å². The summed E-state index contributed by atoms with van der Waals surface area (Å²) < 4.78 is 60.0. The van der Waals surface area contributed by atoms with Gasteiger partial charge in [0.25, 0.3) is 0 Å². The van der Waals surface area contributed by atoms with Gasteiger partial charge in [-0.05, 0) is 82.5 Å². The van der Waals surface area contributed by atoms with Crippen LogP contribution in [0.25, 0.3) is 0 Å². The highest BCUT2D eigenvalue weighted by Crippen LogP contribution is 2.54. The van der Waals surface area contributed by atoms with E-state index in [4.69, 9.17) is 0 Å². The van der Waals surface area contributed by atoms with E-state index < -0.39 is 23.7 Å². The molecule has 0 aromatic rings. The Morgan fingerprint density at radius 2 is 1.40 bits per heavy atom. The van der Waals surface area contributed by atoms with Crippen LogP contribution in [0.15, 0.2) is 12.2 Å². The first-order valence-electron chi connectivity index (χ1n) is 12.1. The number of aliphatic hydroxyl groups is 1. The van der Waals surface area contributed by atoms with Crippen LogP contribution >= 0.6 is 0 Å². The van der Waals surface area contributed by atoms with Crippen LogP contribution in [0, 0.1) is 29.6 Å². The number of aliphatic hydroxyl groups excluding tert-OH is 1. The summed E-state index contributed by atoms with van der Waals surface area (Å²) >= 11 is 0. The number of rotatable bonds is 11. The van der Waals surface area contributed by atoms with Gasteiger partial charge in [0, 0.05) is 18.4 Å². The molecule has 2 aliphatic rings. The van der Waals surface area contributed by atoms with Gasteiger partial charge in [-0.15, -0.1) is 6.58 Å². The third kappa shape index (κ3) is 6.23. The highest BCUT2D eigenvalue weighted by atomic mass is 19.3. The molecular formula is C25H42F4O. The van der Waals surface area contributed by atoms with E-state index in [1.807, 2.05) is 6.92 Å². The molecule has 2 aliphatic carbocycles. The first kappa shape index (κ1) is 25.7. The molecule has 5 heteroatoms. The summed E-state index contributed by atoms with van der Waals surface area (Å²) in [5.41, 5.74) is 0.957. The number of halogens is 4. The number of hydrogen-bond donors (Lipinski definition) is 1. The van der Waals surface area contributed by atoms with Gasteiger partial charge < -0.3 is 5.11 Å². The monoisotopic (exact) mass is 434 g/mol. The van der Waals surface area contributed by atoms with E-state index >= 15 is 8.78 Å². The molecule has 2 fully saturated rings. The lowest BCUT2D eigenvalue weighted by Crippen LogP contribution is -2.52. The molecule has 0 radical (unpaired) electrons. The summed E-state index contributed by atoms with van der Waals surface area (Å²) in [6, 6.07) is 0. The van der Waals surface area contributed by atoms with Gasteiger partial charge in [0.05, 0.1) is 0 Å². The van der Waals surface area contributed by atoms with Crippen molar-refractivity contribution >= 4 is 0 Å². The van der Waals surface area contributed by atoms with Crippen LogP contribution in [-0.2, 0) is 0 Å². The van der Waals surface area contributed by atoms with Crippen molar-refractivity contribution in [3.63, 3.8) is 0 Å². The zero-order valence-corrected chi connectivity index (χ0v) is 19.0. The van der Waals surface area contributed by atoms with Gasteiger partial charge in [-0.1, -0.05) is 38.2 Å². The Morgan fingerprint density at radius 1 is 0.900 bits per heavy atom. The molecule has 0 saturated heterocycles. The van der Waals surface area contributed by atoms with E-state index in [-0.39, 0.29) is 44.1 Å². The minimum Gasteiger partial charge on any atom is -0.396 e. The maximum atomic E-state index is 15.0. The number of unbranched alkanes of at least 4 members (excludes halogenated alkanes) is 2. The molecule has 2 saturated carbocycles. The molecule has 0 aromatic heterocycles. The van der Waals surface area contributed by atoms with Crippen LogP contribution in [0.1, 0.15) is 97.3 Å². The summed E-state index contributed by atoms with van der Waals surface area (Å²) in [7, 11) is 0. The summed E-state index contributed by atoms with van der Waals surface area (Å²) in [4.78, 5) is 0. The summed E-state index contributed by atoms with van der Waals surface area (Å²) in [6.45, 7) is 7.89. The smallest absolute Gasteiger partial charge is 0.313 e. The van der Waals surface area contributed by atoms with Crippen molar-refractivity contribution in [2.75, 3.05) is 6.61 Å². The molecule has 1 unspecified atom stereocenters. The van der Waals surface area contributed by atoms with Crippen LogP contribution < -0.4 is 0 Å². The molecule has 0 spiro atoms. The van der Waals surface area contributed by atoms with E-state index in [1.165, 1.54) is 0 Å². The molecule has 30 heavy (non-hydrogen) atoms. The van der Waals surface area contributed by atoms with Crippen molar-refractivity contribution in [3.8, 4) is 0 Å².